The summed E-state index contributed by atoms with van der Waals surface area (Å²) in [6.45, 7) is 6.82. The zero-order chi connectivity index (χ0) is 21.5. The first-order chi connectivity index (χ1) is 14.2. The summed E-state index contributed by atoms with van der Waals surface area (Å²) < 4.78 is 1.82. The molecule has 5 heteroatoms. The Morgan fingerprint density at radius 1 is 1.10 bits per heavy atom. The van der Waals surface area contributed by atoms with Gasteiger partial charge in [-0.15, -0.1) is 5.11 Å². The van der Waals surface area contributed by atoms with Crippen LogP contribution in [0.5, 0.6) is 0 Å². The predicted octanol–water partition coefficient (Wildman–Crippen LogP) is 8.09. The first-order valence-electron chi connectivity index (χ1n) is 10.6. The Morgan fingerprint density at radius 3 is 2.57 bits per heavy atom. The van der Waals surface area contributed by atoms with E-state index in [1.165, 1.54) is 12.8 Å². The molecule has 3 aliphatic rings. The van der Waals surface area contributed by atoms with Crippen LogP contribution in [-0.2, 0) is 6.54 Å². The molecule has 0 aromatic heterocycles. The van der Waals surface area contributed by atoms with Gasteiger partial charge in [0.2, 0.25) is 0 Å². The van der Waals surface area contributed by atoms with Crippen molar-refractivity contribution in [1.82, 2.24) is 0 Å². The fourth-order valence-electron chi connectivity index (χ4n) is 5.06. The first-order valence-corrected chi connectivity index (χ1v) is 11.8. The number of hydrogen-bond donors (Lipinski definition) is 0. The van der Waals surface area contributed by atoms with Crippen molar-refractivity contribution in [2.24, 2.45) is 27.5 Å². The number of likely N-dealkylation sites (N-methyl/N-ethyl adjacent to an activating group) is 1. The van der Waals surface area contributed by atoms with E-state index in [9.17, 15) is 0 Å². The lowest BCUT2D eigenvalue weighted by molar-refractivity contribution is -0.899. The zero-order valence-electron chi connectivity index (χ0n) is 18.2. The Morgan fingerprint density at radius 2 is 1.87 bits per heavy atom. The second-order valence-electron chi connectivity index (χ2n) is 10.0. The molecule has 1 fully saturated rings. The average Bonchev–Trinajstić information content (AvgIpc) is 2.69. The SMILES string of the molecule is CC1(C)[C@H]2CC=C(C[N+](C)(C)Cc3cc(N=Nc4ccccc4Br)ccc3Cl)[C@@H]1C2. The number of benzene rings is 2. The molecular formula is C25H30BrClN3+. The zero-order valence-corrected chi connectivity index (χ0v) is 20.5. The van der Waals surface area contributed by atoms with E-state index in [0.717, 1.165) is 55.8 Å². The number of fused-ring (bicyclic) bond motifs is 1. The highest BCUT2D eigenvalue weighted by Crippen LogP contribution is 2.59. The second-order valence-corrected chi connectivity index (χ2v) is 11.3. The van der Waals surface area contributed by atoms with E-state index in [-0.39, 0.29) is 0 Å². The van der Waals surface area contributed by atoms with Crippen molar-refractivity contribution in [1.29, 1.82) is 0 Å². The van der Waals surface area contributed by atoms with E-state index < -0.39 is 0 Å². The van der Waals surface area contributed by atoms with Crippen LogP contribution < -0.4 is 0 Å². The fourth-order valence-corrected chi connectivity index (χ4v) is 5.60. The molecule has 2 bridgehead atoms. The number of allylic oxidation sites excluding steroid dienone is 1. The molecule has 0 N–H and O–H groups in total. The molecule has 0 saturated heterocycles. The molecule has 0 radical (unpaired) electrons. The summed E-state index contributed by atoms with van der Waals surface area (Å²) in [4.78, 5) is 0. The number of hydrogen-bond acceptors (Lipinski definition) is 2. The molecule has 158 valence electrons. The van der Waals surface area contributed by atoms with Crippen molar-refractivity contribution in [3.05, 3.63) is 69.2 Å². The average molecular weight is 488 g/mol. The molecule has 3 nitrogen and oxygen atoms in total. The van der Waals surface area contributed by atoms with Gasteiger partial charge in [0, 0.05) is 15.1 Å². The minimum Gasteiger partial charge on any atom is -0.321 e. The number of halogens is 2. The summed E-state index contributed by atoms with van der Waals surface area (Å²) in [6, 6.07) is 13.8. The smallest absolute Gasteiger partial charge is 0.106 e. The van der Waals surface area contributed by atoms with Crippen LogP contribution in [0.4, 0.5) is 11.4 Å². The normalized spacial score (nSPS) is 22.7. The van der Waals surface area contributed by atoms with E-state index >= 15 is 0 Å². The van der Waals surface area contributed by atoms with Gasteiger partial charge in [-0.05, 0) is 81.9 Å². The lowest BCUT2D eigenvalue weighted by Gasteiger charge is -2.57. The molecule has 0 unspecified atom stereocenters. The number of rotatable bonds is 6. The van der Waals surface area contributed by atoms with Crippen LogP contribution >= 0.6 is 27.5 Å². The summed E-state index contributed by atoms with van der Waals surface area (Å²) in [5.74, 6) is 1.62. The largest absolute Gasteiger partial charge is 0.321 e. The molecule has 3 aliphatic carbocycles. The standard InChI is InChI=1S/C25H30BrClN3/c1-25(2)19-10-9-17(21(25)14-19)15-30(3,4)16-18-13-20(11-12-23(18)27)28-29-24-8-6-5-7-22(24)26/h5-9,11-13,19,21H,10,14-16H2,1-4H3/q+1/t19-,21-/m0/s1. The maximum atomic E-state index is 6.56. The summed E-state index contributed by atoms with van der Waals surface area (Å²) in [5.41, 5.74) is 4.86. The van der Waals surface area contributed by atoms with Gasteiger partial charge in [0.15, 0.2) is 0 Å². The van der Waals surface area contributed by atoms with Crippen molar-refractivity contribution >= 4 is 38.9 Å². The van der Waals surface area contributed by atoms with E-state index in [1.54, 1.807) is 5.57 Å². The maximum absolute atomic E-state index is 6.56. The molecule has 2 aromatic carbocycles. The number of nitrogens with zero attached hydrogens (tertiary/aromatic N) is 3. The summed E-state index contributed by atoms with van der Waals surface area (Å²) >= 11 is 10.1. The van der Waals surface area contributed by atoms with Crippen molar-refractivity contribution in [2.45, 2.75) is 33.2 Å². The topological polar surface area (TPSA) is 24.7 Å². The van der Waals surface area contributed by atoms with Gasteiger partial charge >= 0.3 is 0 Å². The lowest BCUT2D eigenvalue weighted by Crippen LogP contribution is -2.52. The third-order valence-corrected chi connectivity index (χ3v) is 7.99. The molecule has 0 heterocycles. The maximum Gasteiger partial charge on any atom is 0.106 e. The van der Waals surface area contributed by atoms with Crippen molar-refractivity contribution < 1.29 is 4.48 Å². The predicted molar refractivity (Wildman–Crippen MR) is 129 cm³/mol. The van der Waals surface area contributed by atoms with Crippen molar-refractivity contribution in [3.8, 4) is 0 Å². The monoisotopic (exact) mass is 486 g/mol. The number of azo groups is 1. The highest BCUT2D eigenvalue weighted by atomic mass is 79.9. The molecule has 0 spiro atoms. The van der Waals surface area contributed by atoms with Crippen molar-refractivity contribution in [2.75, 3.05) is 20.6 Å². The van der Waals surface area contributed by atoms with Crippen LogP contribution in [0.2, 0.25) is 5.02 Å². The van der Waals surface area contributed by atoms with Gasteiger partial charge in [-0.25, -0.2) is 0 Å². The first kappa shape index (κ1) is 21.7. The van der Waals surface area contributed by atoms with E-state index in [0.29, 0.717) is 5.41 Å². The highest BCUT2D eigenvalue weighted by Gasteiger charge is 2.52. The highest BCUT2D eigenvalue weighted by molar-refractivity contribution is 9.10. The van der Waals surface area contributed by atoms with Crippen LogP contribution in [-0.4, -0.2) is 25.1 Å². The minimum absolute atomic E-state index is 0.466. The van der Waals surface area contributed by atoms with Gasteiger partial charge in [0.25, 0.3) is 0 Å². The van der Waals surface area contributed by atoms with Gasteiger partial charge in [-0.3, -0.25) is 0 Å². The van der Waals surface area contributed by atoms with Gasteiger partial charge in [-0.1, -0.05) is 43.7 Å². The summed E-state index contributed by atoms with van der Waals surface area (Å²) in [6.07, 6.45) is 5.11. The van der Waals surface area contributed by atoms with E-state index in [1.807, 2.05) is 36.4 Å². The van der Waals surface area contributed by atoms with Crippen LogP contribution in [0.3, 0.4) is 0 Å². The molecule has 1 saturated carbocycles. The molecule has 5 rings (SSSR count). The second kappa shape index (κ2) is 8.22. The van der Waals surface area contributed by atoms with Gasteiger partial charge in [-0.2, -0.15) is 5.11 Å². The van der Waals surface area contributed by atoms with E-state index in [2.05, 4.69) is 66.2 Å². The number of quaternary nitrogens is 1. The van der Waals surface area contributed by atoms with Crippen LogP contribution in [0, 0.1) is 17.3 Å². The lowest BCUT2D eigenvalue weighted by atomic mass is 9.49. The molecule has 30 heavy (non-hydrogen) atoms. The summed E-state index contributed by atoms with van der Waals surface area (Å²) in [7, 11) is 4.59. The minimum atomic E-state index is 0.466. The Kier molecular flexibility index (Phi) is 5.95. The molecule has 0 amide bonds. The van der Waals surface area contributed by atoms with Crippen LogP contribution in [0.25, 0.3) is 0 Å². The quantitative estimate of drug-likeness (QED) is 0.223. The molecule has 2 atom stereocenters. The molecule has 0 aliphatic heterocycles. The van der Waals surface area contributed by atoms with E-state index in [4.69, 9.17) is 11.6 Å². The van der Waals surface area contributed by atoms with Crippen LogP contribution in [0.1, 0.15) is 32.3 Å². The fraction of sp³-hybridized carbons (Fsp3) is 0.440. The molecule has 2 aromatic rings. The summed E-state index contributed by atoms with van der Waals surface area (Å²) in [5, 5.41) is 9.62. The van der Waals surface area contributed by atoms with Gasteiger partial charge in [0.05, 0.1) is 25.5 Å². The van der Waals surface area contributed by atoms with Gasteiger partial charge in [0.1, 0.15) is 13.1 Å². The Hall–Kier alpha value is -1.49. The van der Waals surface area contributed by atoms with Gasteiger partial charge < -0.3 is 4.48 Å². The third-order valence-electron chi connectivity index (χ3n) is 6.95. The Labute approximate surface area is 193 Å². The Bertz CT molecular complexity index is 1010. The third kappa shape index (κ3) is 4.42. The molecular weight excluding hydrogens is 458 g/mol. The van der Waals surface area contributed by atoms with Crippen LogP contribution in [0.15, 0.2) is 68.8 Å². The Balaban J connectivity index is 1.49. The van der Waals surface area contributed by atoms with Crippen molar-refractivity contribution in [3.63, 3.8) is 0 Å².